The van der Waals surface area contributed by atoms with Gasteiger partial charge in [0.05, 0.1) is 31.1 Å². The summed E-state index contributed by atoms with van der Waals surface area (Å²) < 4.78 is 34.6. The third-order valence-electron chi connectivity index (χ3n) is 6.45. The molecule has 1 amide bonds. The molecule has 9 nitrogen and oxygen atoms in total. The van der Waals surface area contributed by atoms with Gasteiger partial charge in [-0.2, -0.15) is 0 Å². The number of nitrogens with one attached hydrogen (secondary N) is 1. The maximum absolute atomic E-state index is 15.1. The standard InChI is InChI=1S/C29H24ClFN4O5/c1-16-27(29(37)35(34(16)2)19-7-5-6-17(30)12-19)28(36)33-18-8-9-24(21(31)13-18)40-23-10-11-32-22-15-26(39-4)25(38-3)14-20(22)23/h5-15H,1-4H3,(H,33,36). The quantitative estimate of drug-likeness (QED) is 0.266. The molecule has 0 aliphatic carbocycles. The van der Waals surface area contributed by atoms with Gasteiger partial charge < -0.3 is 19.5 Å². The van der Waals surface area contributed by atoms with Crippen LogP contribution in [0.2, 0.25) is 5.02 Å². The van der Waals surface area contributed by atoms with Gasteiger partial charge in [0.25, 0.3) is 11.5 Å². The van der Waals surface area contributed by atoms with Crippen LogP contribution in [0.3, 0.4) is 0 Å². The zero-order valence-corrected chi connectivity index (χ0v) is 22.7. The number of halogens is 2. The van der Waals surface area contributed by atoms with E-state index < -0.39 is 17.3 Å². The van der Waals surface area contributed by atoms with E-state index in [2.05, 4.69) is 10.3 Å². The molecule has 0 spiro atoms. The minimum atomic E-state index is -0.718. The van der Waals surface area contributed by atoms with E-state index >= 15 is 4.39 Å². The largest absolute Gasteiger partial charge is 0.493 e. The fraction of sp³-hybridized carbons (Fsp3) is 0.138. The molecule has 0 unspecified atom stereocenters. The van der Waals surface area contributed by atoms with E-state index in [1.807, 2.05) is 0 Å². The number of nitrogens with zero attached hydrogens (tertiary/aromatic N) is 3. The molecule has 5 aromatic rings. The predicted molar refractivity (Wildman–Crippen MR) is 150 cm³/mol. The van der Waals surface area contributed by atoms with Gasteiger partial charge in [0.2, 0.25) is 0 Å². The zero-order chi connectivity index (χ0) is 28.6. The van der Waals surface area contributed by atoms with Crippen LogP contribution in [0.5, 0.6) is 23.0 Å². The van der Waals surface area contributed by atoms with Crippen molar-refractivity contribution in [3.63, 3.8) is 0 Å². The summed E-state index contributed by atoms with van der Waals surface area (Å²) in [4.78, 5) is 30.6. The average Bonchev–Trinajstić information content (AvgIpc) is 3.16. The fourth-order valence-electron chi connectivity index (χ4n) is 4.38. The molecule has 5 rings (SSSR count). The molecule has 0 fully saturated rings. The Morgan fingerprint density at radius 3 is 2.42 bits per heavy atom. The van der Waals surface area contributed by atoms with Gasteiger partial charge in [0.1, 0.15) is 11.3 Å². The number of pyridine rings is 1. The van der Waals surface area contributed by atoms with Crippen molar-refractivity contribution in [3.8, 4) is 28.7 Å². The second kappa shape index (κ2) is 10.7. The van der Waals surface area contributed by atoms with Crippen molar-refractivity contribution < 1.29 is 23.4 Å². The number of methoxy groups -OCH3 is 2. The lowest BCUT2D eigenvalue weighted by Gasteiger charge is -2.13. The smallest absolute Gasteiger partial charge is 0.284 e. The number of ether oxygens (including phenoxy) is 3. The number of aromatic nitrogens is 3. The van der Waals surface area contributed by atoms with Gasteiger partial charge in [-0.25, -0.2) is 9.07 Å². The molecular formula is C29H24ClFN4O5. The van der Waals surface area contributed by atoms with Crippen molar-refractivity contribution in [2.75, 3.05) is 19.5 Å². The Kier molecular flexibility index (Phi) is 7.19. The van der Waals surface area contributed by atoms with E-state index in [0.29, 0.717) is 44.6 Å². The summed E-state index contributed by atoms with van der Waals surface area (Å²) in [6.07, 6.45) is 1.54. The number of hydrogen-bond donors (Lipinski definition) is 1. The molecule has 2 aromatic heterocycles. The highest BCUT2D eigenvalue weighted by Crippen LogP contribution is 2.37. The van der Waals surface area contributed by atoms with Crippen LogP contribution in [-0.4, -0.2) is 34.5 Å². The van der Waals surface area contributed by atoms with Crippen LogP contribution < -0.4 is 25.1 Å². The number of anilines is 1. The minimum Gasteiger partial charge on any atom is -0.493 e. The van der Waals surface area contributed by atoms with E-state index in [-0.39, 0.29) is 17.0 Å². The topological polar surface area (TPSA) is 96.6 Å². The molecule has 0 aliphatic heterocycles. The van der Waals surface area contributed by atoms with Gasteiger partial charge in [0.15, 0.2) is 23.1 Å². The van der Waals surface area contributed by atoms with Crippen molar-refractivity contribution in [2.45, 2.75) is 6.92 Å². The third-order valence-corrected chi connectivity index (χ3v) is 6.68. The normalized spacial score (nSPS) is 10.9. The molecule has 2 heterocycles. The zero-order valence-electron chi connectivity index (χ0n) is 22.0. The lowest BCUT2D eigenvalue weighted by molar-refractivity contribution is 0.102. The number of benzene rings is 3. The van der Waals surface area contributed by atoms with Crippen molar-refractivity contribution >= 4 is 34.1 Å². The Morgan fingerprint density at radius 1 is 0.975 bits per heavy atom. The Bertz CT molecular complexity index is 1830. The van der Waals surface area contributed by atoms with Gasteiger partial charge in [-0.15, -0.1) is 0 Å². The molecule has 40 heavy (non-hydrogen) atoms. The Balaban J connectivity index is 1.41. The summed E-state index contributed by atoms with van der Waals surface area (Å²) in [6.45, 7) is 1.65. The number of carbonyl (C=O) groups excluding carboxylic acids is 1. The van der Waals surface area contributed by atoms with E-state index in [4.69, 9.17) is 25.8 Å². The lowest BCUT2D eigenvalue weighted by atomic mass is 10.1. The Morgan fingerprint density at radius 2 is 1.73 bits per heavy atom. The van der Waals surface area contributed by atoms with Crippen molar-refractivity contribution in [2.24, 2.45) is 7.05 Å². The van der Waals surface area contributed by atoms with Crippen LogP contribution in [0.4, 0.5) is 10.1 Å². The van der Waals surface area contributed by atoms with Crippen LogP contribution in [0.25, 0.3) is 16.6 Å². The molecule has 0 aliphatic rings. The van der Waals surface area contributed by atoms with Crippen molar-refractivity contribution in [3.05, 3.63) is 99.3 Å². The molecular weight excluding hydrogens is 539 g/mol. The number of fused-ring (bicyclic) bond motifs is 1. The third kappa shape index (κ3) is 4.85. The molecule has 0 saturated heterocycles. The van der Waals surface area contributed by atoms with Crippen LogP contribution in [0, 0.1) is 12.7 Å². The first kappa shape index (κ1) is 26.8. The van der Waals surface area contributed by atoms with E-state index in [1.165, 1.54) is 37.2 Å². The summed E-state index contributed by atoms with van der Waals surface area (Å²) in [7, 11) is 4.69. The van der Waals surface area contributed by atoms with E-state index in [9.17, 15) is 9.59 Å². The summed E-state index contributed by atoms with van der Waals surface area (Å²) >= 11 is 6.09. The molecule has 0 saturated carbocycles. The summed E-state index contributed by atoms with van der Waals surface area (Å²) in [5, 5.41) is 3.64. The lowest BCUT2D eigenvalue weighted by Crippen LogP contribution is -2.25. The first-order valence-corrected chi connectivity index (χ1v) is 12.4. The molecule has 0 bridgehead atoms. The molecule has 1 N–H and O–H groups in total. The maximum atomic E-state index is 15.1. The summed E-state index contributed by atoms with van der Waals surface area (Å²) in [5.41, 5.74) is 1.06. The van der Waals surface area contributed by atoms with E-state index in [0.717, 1.165) is 6.07 Å². The predicted octanol–water partition coefficient (Wildman–Crippen LogP) is 5.89. The molecule has 11 heteroatoms. The van der Waals surface area contributed by atoms with Crippen molar-refractivity contribution in [1.29, 1.82) is 0 Å². The Hall–Kier alpha value is -4.83. The summed E-state index contributed by atoms with van der Waals surface area (Å²) in [6, 6.07) is 15.7. The molecule has 0 radical (unpaired) electrons. The monoisotopic (exact) mass is 562 g/mol. The second-order valence-electron chi connectivity index (χ2n) is 8.82. The average molecular weight is 563 g/mol. The van der Waals surface area contributed by atoms with Crippen LogP contribution in [0.15, 0.2) is 71.7 Å². The van der Waals surface area contributed by atoms with Gasteiger partial charge in [-0.3, -0.25) is 19.3 Å². The fourth-order valence-corrected chi connectivity index (χ4v) is 4.56. The van der Waals surface area contributed by atoms with Crippen LogP contribution >= 0.6 is 11.6 Å². The molecule has 3 aromatic carbocycles. The van der Waals surface area contributed by atoms with Gasteiger partial charge in [0, 0.05) is 41.5 Å². The van der Waals surface area contributed by atoms with Crippen LogP contribution in [0.1, 0.15) is 16.1 Å². The highest BCUT2D eigenvalue weighted by molar-refractivity contribution is 6.30. The number of rotatable bonds is 7. The molecule has 204 valence electrons. The first-order valence-electron chi connectivity index (χ1n) is 12.1. The first-order chi connectivity index (χ1) is 19.2. The minimum absolute atomic E-state index is 0.0699. The molecule has 0 atom stereocenters. The highest BCUT2D eigenvalue weighted by atomic mass is 35.5. The highest BCUT2D eigenvalue weighted by Gasteiger charge is 2.23. The SMILES string of the molecule is COc1cc2nccc(Oc3ccc(NC(=O)c4c(C)n(C)n(-c5cccc(Cl)c5)c4=O)cc3F)c2cc1OC. The summed E-state index contributed by atoms with van der Waals surface area (Å²) in [5.74, 6) is -0.143. The second-order valence-corrected chi connectivity index (χ2v) is 9.25. The van der Waals surface area contributed by atoms with Gasteiger partial charge in [-0.05, 0) is 49.4 Å². The number of hydrogen-bond acceptors (Lipinski definition) is 6. The van der Waals surface area contributed by atoms with Crippen LogP contribution in [-0.2, 0) is 7.05 Å². The maximum Gasteiger partial charge on any atom is 0.284 e. The number of carbonyl (C=O) groups is 1. The Labute approximate surface area is 233 Å². The number of amides is 1. The van der Waals surface area contributed by atoms with Crippen molar-refractivity contribution in [1.82, 2.24) is 14.3 Å². The van der Waals surface area contributed by atoms with Gasteiger partial charge >= 0.3 is 0 Å². The van der Waals surface area contributed by atoms with Gasteiger partial charge in [-0.1, -0.05) is 17.7 Å². The van der Waals surface area contributed by atoms with E-state index in [1.54, 1.807) is 61.1 Å².